The monoisotopic (exact) mass is 475 g/mol. The highest BCUT2D eigenvalue weighted by molar-refractivity contribution is 5.91. The van der Waals surface area contributed by atoms with Crippen molar-refractivity contribution in [1.82, 2.24) is 14.8 Å². The molecule has 1 aromatic heterocycles. The smallest absolute Gasteiger partial charge is 0.246 e. The highest BCUT2D eigenvalue weighted by Gasteiger charge is 2.30. The second-order valence-corrected chi connectivity index (χ2v) is 9.17. The Morgan fingerprint density at radius 3 is 2.46 bits per heavy atom. The van der Waals surface area contributed by atoms with Crippen LogP contribution in [0, 0.1) is 17.6 Å². The maximum Gasteiger partial charge on any atom is 0.246 e. The van der Waals surface area contributed by atoms with E-state index in [2.05, 4.69) is 41.2 Å². The van der Waals surface area contributed by atoms with Gasteiger partial charge < -0.3 is 4.90 Å². The molecule has 35 heavy (non-hydrogen) atoms. The van der Waals surface area contributed by atoms with Gasteiger partial charge in [-0.3, -0.25) is 14.7 Å². The molecule has 0 aliphatic carbocycles. The number of carbonyl (C=O) groups excluding carboxylic acids is 1. The lowest BCUT2D eigenvalue weighted by Crippen LogP contribution is -2.46. The van der Waals surface area contributed by atoms with Gasteiger partial charge in [0.25, 0.3) is 0 Å². The molecule has 4 rings (SSSR count). The number of aromatic nitrogens is 1. The van der Waals surface area contributed by atoms with Crippen LogP contribution in [0.3, 0.4) is 0 Å². The molecule has 1 aliphatic heterocycles. The van der Waals surface area contributed by atoms with Crippen molar-refractivity contribution in [2.45, 2.75) is 31.8 Å². The zero-order valence-electron chi connectivity index (χ0n) is 20.0. The van der Waals surface area contributed by atoms with Gasteiger partial charge in [0.15, 0.2) is 11.6 Å². The lowest BCUT2D eigenvalue weighted by atomic mass is 9.84. The van der Waals surface area contributed by atoms with E-state index in [1.807, 2.05) is 30.6 Å². The van der Waals surface area contributed by atoms with Gasteiger partial charge >= 0.3 is 0 Å². The van der Waals surface area contributed by atoms with E-state index in [1.165, 1.54) is 35.4 Å². The van der Waals surface area contributed by atoms with Crippen molar-refractivity contribution in [1.29, 1.82) is 0 Å². The summed E-state index contributed by atoms with van der Waals surface area (Å²) in [4.78, 5) is 21.1. The van der Waals surface area contributed by atoms with E-state index >= 15 is 0 Å². The summed E-state index contributed by atoms with van der Waals surface area (Å²) in [6.45, 7) is 2.13. The van der Waals surface area contributed by atoms with Crippen LogP contribution < -0.4 is 0 Å². The molecular formula is C29H31F2N3O. The second-order valence-electron chi connectivity index (χ2n) is 9.17. The Labute approximate surface area is 205 Å². The Morgan fingerprint density at radius 2 is 1.74 bits per heavy atom. The van der Waals surface area contributed by atoms with Crippen LogP contribution in [-0.2, 0) is 17.8 Å². The van der Waals surface area contributed by atoms with E-state index in [0.717, 1.165) is 31.9 Å². The van der Waals surface area contributed by atoms with Crippen LogP contribution in [0.1, 0.15) is 29.5 Å². The number of carbonyl (C=O) groups is 1. The standard InChI is InChI=1S/C29H31F2N3O/c1-33(21-23-12-16-32-17-13-23)27(20-22-6-3-2-4-7-22)24-14-18-34(19-15-24)28(35)11-10-25-8-5-9-26(30)29(25)31/h2-13,16-17,24,27H,14-15,18-21H2,1H3/b11-10+. The predicted octanol–water partition coefficient (Wildman–Crippen LogP) is 5.35. The highest BCUT2D eigenvalue weighted by Crippen LogP contribution is 2.27. The predicted molar refractivity (Wildman–Crippen MR) is 134 cm³/mol. The topological polar surface area (TPSA) is 36.4 Å². The number of hydrogen-bond acceptors (Lipinski definition) is 3. The second kappa shape index (κ2) is 11.8. The summed E-state index contributed by atoms with van der Waals surface area (Å²) in [6, 6.07) is 18.9. The largest absolute Gasteiger partial charge is 0.339 e. The molecule has 0 bridgehead atoms. The minimum absolute atomic E-state index is 0.0777. The van der Waals surface area contributed by atoms with Crippen LogP contribution in [0.5, 0.6) is 0 Å². The van der Waals surface area contributed by atoms with Gasteiger partial charge in [0.1, 0.15) is 0 Å². The van der Waals surface area contributed by atoms with E-state index < -0.39 is 11.6 Å². The third-order valence-corrected chi connectivity index (χ3v) is 6.82. The van der Waals surface area contributed by atoms with Crippen molar-refractivity contribution in [2.75, 3.05) is 20.1 Å². The molecule has 0 radical (unpaired) electrons. The van der Waals surface area contributed by atoms with Crippen LogP contribution in [-0.4, -0.2) is 46.9 Å². The molecule has 4 nitrogen and oxygen atoms in total. The average molecular weight is 476 g/mol. The fourth-order valence-corrected chi connectivity index (χ4v) is 4.85. The summed E-state index contributed by atoms with van der Waals surface area (Å²) in [6.07, 6.45) is 9.08. The highest BCUT2D eigenvalue weighted by atomic mass is 19.2. The molecule has 1 aliphatic rings. The fourth-order valence-electron chi connectivity index (χ4n) is 4.85. The van der Waals surface area contributed by atoms with E-state index in [-0.39, 0.29) is 11.5 Å². The summed E-state index contributed by atoms with van der Waals surface area (Å²) < 4.78 is 27.3. The number of halogens is 2. The lowest BCUT2D eigenvalue weighted by Gasteiger charge is -2.40. The van der Waals surface area contributed by atoms with Crippen molar-refractivity contribution in [3.63, 3.8) is 0 Å². The number of piperidine rings is 1. The summed E-state index contributed by atoms with van der Waals surface area (Å²) in [5.41, 5.74) is 2.61. The number of pyridine rings is 1. The summed E-state index contributed by atoms with van der Waals surface area (Å²) >= 11 is 0. The van der Waals surface area contributed by atoms with Gasteiger partial charge in [-0.05, 0) is 67.6 Å². The first-order valence-electron chi connectivity index (χ1n) is 12.1. The van der Waals surface area contributed by atoms with Crippen molar-refractivity contribution in [2.24, 2.45) is 5.92 Å². The van der Waals surface area contributed by atoms with Gasteiger partial charge in [0.05, 0.1) is 0 Å². The normalized spacial score (nSPS) is 15.6. The van der Waals surface area contributed by atoms with E-state index in [0.29, 0.717) is 25.0 Å². The fraction of sp³-hybridized carbons (Fsp3) is 0.310. The van der Waals surface area contributed by atoms with E-state index in [4.69, 9.17) is 0 Å². The zero-order valence-corrected chi connectivity index (χ0v) is 20.0. The van der Waals surface area contributed by atoms with Crippen LogP contribution in [0.15, 0.2) is 79.1 Å². The molecule has 1 saturated heterocycles. The molecule has 1 unspecified atom stereocenters. The number of likely N-dealkylation sites (tertiary alicyclic amines) is 1. The van der Waals surface area contributed by atoms with Crippen molar-refractivity contribution in [3.8, 4) is 0 Å². The molecule has 182 valence electrons. The van der Waals surface area contributed by atoms with Gasteiger partial charge in [0.2, 0.25) is 5.91 Å². The Bertz CT molecular complexity index is 1130. The first kappa shape index (κ1) is 24.7. The van der Waals surface area contributed by atoms with Gasteiger partial charge in [0, 0.05) is 49.7 Å². The summed E-state index contributed by atoms with van der Waals surface area (Å²) in [5.74, 6) is -1.58. The molecule has 2 aromatic carbocycles. The molecule has 1 atom stereocenters. The van der Waals surface area contributed by atoms with E-state index in [1.54, 1.807) is 4.90 Å². The summed E-state index contributed by atoms with van der Waals surface area (Å²) in [5, 5.41) is 0. The first-order chi connectivity index (χ1) is 17.0. The summed E-state index contributed by atoms with van der Waals surface area (Å²) in [7, 11) is 2.17. The van der Waals surface area contributed by atoms with Crippen molar-refractivity contribution in [3.05, 3.63) is 107 Å². The third-order valence-electron chi connectivity index (χ3n) is 6.82. The van der Waals surface area contributed by atoms with Gasteiger partial charge in [-0.1, -0.05) is 42.5 Å². The van der Waals surface area contributed by atoms with Crippen molar-refractivity contribution < 1.29 is 13.6 Å². The molecule has 0 saturated carbocycles. The molecule has 3 aromatic rings. The maximum absolute atomic E-state index is 13.9. The molecule has 0 spiro atoms. The zero-order chi connectivity index (χ0) is 24.6. The van der Waals surface area contributed by atoms with Crippen molar-refractivity contribution >= 4 is 12.0 Å². The molecule has 2 heterocycles. The molecule has 1 amide bonds. The first-order valence-corrected chi connectivity index (χ1v) is 12.1. The van der Waals surface area contributed by atoms with Crippen LogP contribution >= 0.6 is 0 Å². The molecular weight excluding hydrogens is 444 g/mol. The number of rotatable bonds is 8. The maximum atomic E-state index is 13.9. The van der Waals surface area contributed by atoms with Gasteiger partial charge in [-0.15, -0.1) is 0 Å². The molecule has 6 heteroatoms. The third kappa shape index (κ3) is 6.61. The Balaban J connectivity index is 1.40. The number of amides is 1. The number of hydrogen-bond donors (Lipinski definition) is 0. The average Bonchev–Trinajstić information content (AvgIpc) is 2.89. The SMILES string of the molecule is CN(Cc1ccncc1)C(Cc1ccccc1)C1CCN(C(=O)/C=C/c2cccc(F)c2F)CC1. The Kier molecular flexibility index (Phi) is 8.37. The Hall–Kier alpha value is -3.38. The van der Waals surface area contributed by atoms with Gasteiger partial charge in [-0.2, -0.15) is 0 Å². The number of likely N-dealkylation sites (N-methyl/N-ethyl adjacent to an activating group) is 1. The molecule has 1 fully saturated rings. The number of nitrogens with zero attached hydrogens (tertiary/aromatic N) is 3. The van der Waals surface area contributed by atoms with E-state index in [9.17, 15) is 13.6 Å². The minimum Gasteiger partial charge on any atom is -0.339 e. The van der Waals surface area contributed by atoms with Crippen LogP contribution in [0.2, 0.25) is 0 Å². The minimum atomic E-state index is -0.934. The van der Waals surface area contributed by atoms with Crippen LogP contribution in [0.25, 0.3) is 6.08 Å². The Morgan fingerprint density at radius 1 is 1.03 bits per heavy atom. The number of benzene rings is 2. The quantitative estimate of drug-likeness (QED) is 0.412. The lowest BCUT2D eigenvalue weighted by molar-refractivity contribution is -0.127. The molecule has 0 N–H and O–H groups in total. The van der Waals surface area contributed by atoms with Gasteiger partial charge in [-0.25, -0.2) is 8.78 Å². The van der Waals surface area contributed by atoms with Crippen LogP contribution in [0.4, 0.5) is 8.78 Å².